The van der Waals surface area contributed by atoms with Gasteiger partial charge in [0, 0.05) is 12.1 Å². The van der Waals surface area contributed by atoms with Gasteiger partial charge in [-0.25, -0.2) is 4.79 Å². The van der Waals surface area contributed by atoms with Gasteiger partial charge in [-0.15, -0.1) is 0 Å². The van der Waals surface area contributed by atoms with Crippen LogP contribution in [-0.4, -0.2) is 16.1 Å². The van der Waals surface area contributed by atoms with Crippen LogP contribution in [-0.2, 0) is 0 Å². The van der Waals surface area contributed by atoms with Gasteiger partial charge in [0.1, 0.15) is 5.82 Å². The van der Waals surface area contributed by atoms with E-state index in [0.29, 0.717) is 12.8 Å². The predicted octanol–water partition coefficient (Wildman–Crippen LogP) is 1.40. The van der Waals surface area contributed by atoms with Crippen molar-refractivity contribution in [3.63, 3.8) is 0 Å². The van der Waals surface area contributed by atoms with E-state index >= 15 is 0 Å². The van der Waals surface area contributed by atoms with Crippen molar-refractivity contribution < 1.29 is 0 Å². The Labute approximate surface area is 110 Å². The second-order valence-corrected chi connectivity index (χ2v) is 4.53. The number of hydrogen-bond donors (Lipinski definition) is 2. The molecule has 1 aromatic rings. The van der Waals surface area contributed by atoms with Gasteiger partial charge in [0.25, 0.3) is 5.56 Å². The van der Waals surface area contributed by atoms with Crippen LogP contribution in [0.15, 0.2) is 20.8 Å². The molecule has 1 unspecified atom stereocenters. The molecular weight excluding hydrogens is 248 g/mol. The molecule has 1 rings (SSSR count). The first-order valence-electron chi connectivity index (χ1n) is 6.50. The summed E-state index contributed by atoms with van der Waals surface area (Å²) in [6.45, 7) is 2.27. The largest absolute Gasteiger partial charge is 0.385 e. The van der Waals surface area contributed by atoms with Gasteiger partial charge in [-0.05, 0) is 25.7 Å². The first-order chi connectivity index (χ1) is 9.10. The molecule has 0 fully saturated rings. The Morgan fingerprint density at radius 3 is 2.68 bits per heavy atom. The molecule has 0 radical (unpaired) electrons. The molecule has 0 aliphatic rings. The van der Waals surface area contributed by atoms with Crippen molar-refractivity contribution in [2.75, 3.05) is 12.3 Å². The number of nitrogens with one attached hydrogen (secondary N) is 1. The van der Waals surface area contributed by atoms with Crippen LogP contribution in [0.25, 0.3) is 0 Å². The molecule has 0 saturated heterocycles. The second-order valence-electron chi connectivity index (χ2n) is 4.53. The topological polar surface area (TPSA) is 110 Å². The van der Waals surface area contributed by atoms with Gasteiger partial charge in [0.05, 0.1) is 6.54 Å². The average Bonchev–Trinajstić information content (AvgIpc) is 2.33. The lowest BCUT2D eigenvalue weighted by molar-refractivity contribution is 0.391. The Morgan fingerprint density at radius 1 is 1.37 bits per heavy atom. The number of nitrogens with two attached hydrogens (primary N) is 1. The first kappa shape index (κ1) is 15.1. The molecule has 0 aliphatic heterocycles. The van der Waals surface area contributed by atoms with Crippen LogP contribution >= 0.6 is 0 Å². The fourth-order valence-electron chi connectivity index (χ4n) is 2.16. The zero-order chi connectivity index (χ0) is 14.3. The van der Waals surface area contributed by atoms with Crippen LogP contribution in [0, 0.1) is 4.91 Å². The maximum atomic E-state index is 11.9. The molecule has 106 valence electrons. The maximum absolute atomic E-state index is 11.9. The Balaban J connectivity index is 2.89. The summed E-state index contributed by atoms with van der Waals surface area (Å²) in [4.78, 5) is 36.1. The van der Waals surface area contributed by atoms with Crippen LogP contribution < -0.4 is 17.0 Å². The molecule has 0 aliphatic carbocycles. The number of nitrogen functional groups attached to an aromatic ring is 1. The molecule has 0 spiro atoms. The minimum absolute atomic E-state index is 0.0756. The van der Waals surface area contributed by atoms with E-state index in [1.54, 1.807) is 0 Å². The average molecular weight is 268 g/mol. The highest BCUT2D eigenvalue weighted by Gasteiger charge is 2.14. The van der Waals surface area contributed by atoms with E-state index in [1.807, 2.05) is 6.92 Å². The highest BCUT2D eigenvalue weighted by atomic mass is 16.3. The Morgan fingerprint density at radius 2 is 2.11 bits per heavy atom. The van der Waals surface area contributed by atoms with E-state index in [4.69, 9.17) is 5.73 Å². The standard InChI is InChI=1S/C12H20N4O3/c1-2-5-9(6-3-4-7-14-19)16-11(17)8-10(13)15-12(16)18/h8-9H,2-7,13H2,1H3,(H,15,18). The van der Waals surface area contributed by atoms with E-state index in [0.717, 1.165) is 19.3 Å². The van der Waals surface area contributed by atoms with Crippen LogP contribution in [0.1, 0.15) is 45.1 Å². The number of nitroso groups, excluding NO2 is 1. The normalized spacial score (nSPS) is 12.3. The van der Waals surface area contributed by atoms with E-state index in [1.165, 1.54) is 10.6 Å². The number of anilines is 1. The molecule has 19 heavy (non-hydrogen) atoms. The zero-order valence-corrected chi connectivity index (χ0v) is 11.1. The van der Waals surface area contributed by atoms with Crippen molar-refractivity contribution in [2.24, 2.45) is 5.18 Å². The Kier molecular flexibility index (Phi) is 5.98. The highest BCUT2D eigenvalue weighted by molar-refractivity contribution is 5.23. The van der Waals surface area contributed by atoms with Crippen molar-refractivity contribution in [2.45, 2.75) is 45.1 Å². The van der Waals surface area contributed by atoms with Crippen molar-refractivity contribution in [3.8, 4) is 0 Å². The molecule has 1 aromatic heterocycles. The molecule has 0 amide bonds. The van der Waals surface area contributed by atoms with Crippen LogP contribution in [0.4, 0.5) is 5.82 Å². The number of rotatable bonds is 8. The fraction of sp³-hybridized carbons (Fsp3) is 0.667. The van der Waals surface area contributed by atoms with E-state index < -0.39 is 5.69 Å². The van der Waals surface area contributed by atoms with Gasteiger partial charge < -0.3 is 5.73 Å². The molecule has 7 heteroatoms. The SMILES string of the molecule is CCCC(CCCCN=O)n1c(=O)cc(N)[nH]c1=O. The van der Waals surface area contributed by atoms with Crippen LogP contribution in [0.3, 0.4) is 0 Å². The number of unbranched alkanes of at least 4 members (excludes halogenated alkanes) is 1. The number of hydrogen-bond acceptors (Lipinski definition) is 5. The molecule has 3 N–H and O–H groups in total. The zero-order valence-electron chi connectivity index (χ0n) is 11.1. The van der Waals surface area contributed by atoms with Gasteiger partial charge in [0.15, 0.2) is 0 Å². The first-order valence-corrected chi connectivity index (χ1v) is 6.50. The third-order valence-corrected chi connectivity index (χ3v) is 3.01. The lowest BCUT2D eigenvalue weighted by Crippen LogP contribution is -2.38. The number of nitrogens with zero attached hydrogens (tertiary/aromatic N) is 2. The summed E-state index contributed by atoms with van der Waals surface area (Å²) in [6, 6.07) is 1.06. The van der Waals surface area contributed by atoms with Crippen LogP contribution in [0.5, 0.6) is 0 Å². The number of H-pyrrole nitrogens is 1. The third kappa shape index (κ3) is 4.35. The maximum Gasteiger partial charge on any atom is 0.330 e. The van der Waals surface area contributed by atoms with Crippen molar-refractivity contribution in [1.82, 2.24) is 9.55 Å². The molecule has 0 aromatic carbocycles. The monoisotopic (exact) mass is 268 g/mol. The van der Waals surface area contributed by atoms with Crippen LogP contribution in [0.2, 0.25) is 0 Å². The summed E-state index contributed by atoms with van der Waals surface area (Å²) in [6.07, 6.45) is 3.71. The quantitative estimate of drug-likeness (QED) is 0.548. The lowest BCUT2D eigenvalue weighted by atomic mass is 10.0. The van der Waals surface area contributed by atoms with Gasteiger partial charge in [-0.2, -0.15) is 4.91 Å². The lowest BCUT2D eigenvalue weighted by Gasteiger charge is -2.17. The summed E-state index contributed by atoms with van der Waals surface area (Å²) < 4.78 is 1.22. The summed E-state index contributed by atoms with van der Waals surface area (Å²) in [5, 5.41) is 2.80. The van der Waals surface area contributed by atoms with Crippen molar-refractivity contribution >= 4 is 5.82 Å². The summed E-state index contributed by atoms with van der Waals surface area (Å²) in [5.74, 6) is 0.0756. The van der Waals surface area contributed by atoms with Gasteiger partial charge in [-0.1, -0.05) is 18.5 Å². The third-order valence-electron chi connectivity index (χ3n) is 3.01. The van der Waals surface area contributed by atoms with Gasteiger partial charge >= 0.3 is 5.69 Å². The van der Waals surface area contributed by atoms with Crippen molar-refractivity contribution in [3.05, 3.63) is 31.8 Å². The molecule has 0 bridgehead atoms. The highest BCUT2D eigenvalue weighted by Crippen LogP contribution is 2.17. The molecule has 1 atom stereocenters. The minimum atomic E-state index is -0.475. The van der Waals surface area contributed by atoms with E-state index in [9.17, 15) is 14.5 Å². The van der Waals surface area contributed by atoms with E-state index in [-0.39, 0.29) is 24.0 Å². The second kappa shape index (κ2) is 7.50. The Hall–Kier alpha value is -1.92. The molecule has 7 nitrogen and oxygen atoms in total. The predicted molar refractivity (Wildman–Crippen MR) is 74.2 cm³/mol. The van der Waals surface area contributed by atoms with Crippen molar-refractivity contribution in [1.29, 1.82) is 0 Å². The number of aromatic amines is 1. The summed E-state index contributed by atoms with van der Waals surface area (Å²) in [5.41, 5.74) is 4.57. The molecular formula is C12H20N4O3. The number of aromatic nitrogens is 2. The van der Waals surface area contributed by atoms with Gasteiger partial charge in [0.2, 0.25) is 0 Å². The molecule has 0 saturated carbocycles. The fourth-order valence-corrected chi connectivity index (χ4v) is 2.16. The summed E-state index contributed by atoms with van der Waals surface area (Å²) in [7, 11) is 0. The van der Waals surface area contributed by atoms with Gasteiger partial charge in [-0.3, -0.25) is 14.3 Å². The molecule has 1 heterocycles. The smallest absolute Gasteiger partial charge is 0.330 e. The Bertz CT molecular complexity index is 489. The minimum Gasteiger partial charge on any atom is -0.385 e. The van der Waals surface area contributed by atoms with E-state index in [2.05, 4.69) is 10.2 Å². The summed E-state index contributed by atoms with van der Waals surface area (Å²) >= 11 is 0.